The van der Waals surface area contributed by atoms with E-state index >= 15 is 0 Å². The fourth-order valence-electron chi connectivity index (χ4n) is 3.31. The summed E-state index contributed by atoms with van der Waals surface area (Å²) < 4.78 is 31.4. The summed E-state index contributed by atoms with van der Waals surface area (Å²) in [5.74, 6) is 0.574. The minimum atomic E-state index is -3.82. The number of carbonyl (C=O) groups is 1. The zero-order valence-corrected chi connectivity index (χ0v) is 20.6. The van der Waals surface area contributed by atoms with Gasteiger partial charge in [-0.05, 0) is 55.2 Å². The van der Waals surface area contributed by atoms with Gasteiger partial charge in [-0.1, -0.05) is 49.2 Å². The average Bonchev–Trinajstić information content (AvgIpc) is 2.68. The lowest BCUT2D eigenvalue weighted by molar-refractivity contribution is -0.122. The van der Waals surface area contributed by atoms with Gasteiger partial charge in [0.25, 0.3) is 0 Å². The molecule has 0 radical (unpaired) electrons. The minimum Gasteiger partial charge on any atom is -0.497 e. The van der Waals surface area contributed by atoms with E-state index in [0.29, 0.717) is 23.1 Å². The number of hydrogen-bond acceptors (Lipinski definition) is 4. The summed E-state index contributed by atoms with van der Waals surface area (Å²) >= 11 is 12.3. The summed E-state index contributed by atoms with van der Waals surface area (Å²) in [7, 11) is -2.23. The maximum absolute atomic E-state index is 13.2. The number of anilines is 1. The van der Waals surface area contributed by atoms with Crippen molar-refractivity contribution < 1.29 is 17.9 Å². The SMILES string of the molecule is COc1ccc([C@H](CC(C)C)NC(=O)[C@@H](C)N(c2cc(Cl)ccc2Cl)S(C)(=O)=O)cc1. The summed E-state index contributed by atoms with van der Waals surface area (Å²) in [5.41, 5.74) is 1.06. The number of benzene rings is 2. The fourth-order valence-corrected chi connectivity index (χ4v) is 4.92. The van der Waals surface area contributed by atoms with Crippen LogP contribution >= 0.6 is 23.2 Å². The lowest BCUT2D eigenvalue weighted by Gasteiger charge is -2.31. The van der Waals surface area contributed by atoms with E-state index in [1.807, 2.05) is 24.3 Å². The Kier molecular flexibility index (Phi) is 8.63. The maximum atomic E-state index is 13.2. The van der Waals surface area contributed by atoms with Gasteiger partial charge in [0.1, 0.15) is 11.8 Å². The number of ether oxygens (including phenoxy) is 1. The van der Waals surface area contributed by atoms with Crippen LogP contribution in [-0.2, 0) is 14.8 Å². The van der Waals surface area contributed by atoms with Gasteiger partial charge in [0.05, 0.1) is 30.1 Å². The molecular formula is C22H28Cl2N2O4S. The largest absolute Gasteiger partial charge is 0.497 e. The van der Waals surface area contributed by atoms with Crippen molar-refractivity contribution in [2.75, 3.05) is 17.7 Å². The number of nitrogens with zero attached hydrogens (tertiary/aromatic N) is 1. The molecule has 31 heavy (non-hydrogen) atoms. The molecule has 0 unspecified atom stereocenters. The molecule has 2 aromatic rings. The van der Waals surface area contributed by atoms with Crippen LogP contribution in [0.4, 0.5) is 5.69 Å². The molecule has 0 heterocycles. The van der Waals surface area contributed by atoms with E-state index in [2.05, 4.69) is 19.2 Å². The highest BCUT2D eigenvalue weighted by atomic mass is 35.5. The van der Waals surface area contributed by atoms with Gasteiger partial charge in [-0.3, -0.25) is 9.10 Å². The van der Waals surface area contributed by atoms with Gasteiger partial charge in [-0.25, -0.2) is 8.42 Å². The van der Waals surface area contributed by atoms with Gasteiger partial charge >= 0.3 is 0 Å². The molecule has 2 aromatic carbocycles. The molecule has 0 saturated carbocycles. The first kappa shape index (κ1) is 25.3. The molecule has 0 aromatic heterocycles. The Morgan fingerprint density at radius 1 is 1.10 bits per heavy atom. The summed E-state index contributed by atoms with van der Waals surface area (Å²) in [6.45, 7) is 5.63. The topological polar surface area (TPSA) is 75.7 Å². The number of nitrogens with one attached hydrogen (secondary N) is 1. The molecular weight excluding hydrogens is 459 g/mol. The fraction of sp³-hybridized carbons (Fsp3) is 0.409. The van der Waals surface area contributed by atoms with Crippen molar-refractivity contribution in [1.29, 1.82) is 0 Å². The highest BCUT2D eigenvalue weighted by Gasteiger charge is 2.32. The van der Waals surface area contributed by atoms with Gasteiger partial charge in [0.15, 0.2) is 0 Å². The van der Waals surface area contributed by atoms with E-state index in [9.17, 15) is 13.2 Å². The third-order valence-corrected chi connectivity index (χ3v) is 6.56. The number of sulfonamides is 1. The zero-order valence-electron chi connectivity index (χ0n) is 18.2. The molecule has 0 bridgehead atoms. The first-order chi connectivity index (χ1) is 14.4. The van der Waals surface area contributed by atoms with Crippen LogP contribution in [0.5, 0.6) is 5.75 Å². The molecule has 0 saturated heterocycles. The number of rotatable bonds is 9. The Labute approximate surface area is 194 Å². The predicted octanol–water partition coefficient (Wildman–Crippen LogP) is 5.06. The van der Waals surface area contributed by atoms with Crippen molar-refractivity contribution in [3.63, 3.8) is 0 Å². The second kappa shape index (κ2) is 10.6. The molecule has 0 aliphatic rings. The van der Waals surface area contributed by atoms with Crippen molar-refractivity contribution in [2.24, 2.45) is 5.92 Å². The standard InChI is InChI=1S/C22H28Cl2N2O4S/c1-14(2)12-20(16-6-9-18(30-4)10-7-16)25-22(27)15(3)26(31(5,28)29)21-13-17(23)8-11-19(21)24/h6-11,13-15,20H,12H2,1-5H3,(H,25,27)/t15-,20+/m1/s1. The predicted molar refractivity (Wildman–Crippen MR) is 127 cm³/mol. The Bertz CT molecular complexity index is 1010. The highest BCUT2D eigenvalue weighted by Crippen LogP contribution is 2.32. The van der Waals surface area contributed by atoms with Crippen LogP contribution in [0.25, 0.3) is 0 Å². The molecule has 1 amide bonds. The Balaban J connectivity index is 2.36. The van der Waals surface area contributed by atoms with Crippen molar-refractivity contribution in [3.8, 4) is 5.75 Å². The first-order valence-electron chi connectivity index (χ1n) is 9.82. The van der Waals surface area contributed by atoms with E-state index in [1.54, 1.807) is 13.2 Å². The second-order valence-electron chi connectivity index (χ2n) is 7.79. The smallest absolute Gasteiger partial charge is 0.244 e. The van der Waals surface area contributed by atoms with Crippen molar-refractivity contribution in [2.45, 2.75) is 39.3 Å². The van der Waals surface area contributed by atoms with Gasteiger partial charge in [-0.2, -0.15) is 0 Å². The first-order valence-corrected chi connectivity index (χ1v) is 12.4. The molecule has 0 aliphatic carbocycles. The molecule has 6 nitrogen and oxygen atoms in total. The van der Waals surface area contributed by atoms with Gasteiger partial charge in [0.2, 0.25) is 15.9 Å². The number of methoxy groups -OCH3 is 1. The van der Waals surface area contributed by atoms with E-state index in [-0.39, 0.29) is 16.8 Å². The maximum Gasteiger partial charge on any atom is 0.244 e. The summed E-state index contributed by atoms with van der Waals surface area (Å²) in [6.07, 6.45) is 1.71. The summed E-state index contributed by atoms with van der Waals surface area (Å²) in [6, 6.07) is 10.6. The number of amides is 1. The molecule has 170 valence electrons. The lowest BCUT2D eigenvalue weighted by Crippen LogP contribution is -2.49. The molecule has 0 spiro atoms. The van der Waals surface area contributed by atoms with Crippen LogP contribution in [0, 0.1) is 5.92 Å². The Hall–Kier alpha value is -1.96. The number of carbonyl (C=O) groups excluding carboxylic acids is 1. The van der Waals surface area contributed by atoms with Crippen molar-refractivity contribution in [1.82, 2.24) is 5.32 Å². The minimum absolute atomic E-state index is 0.157. The Morgan fingerprint density at radius 3 is 2.23 bits per heavy atom. The van der Waals surface area contributed by atoms with E-state index in [0.717, 1.165) is 16.1 Å². The van der Waals surface area contributed by atoms with E-state index < -0.39 is 22.0 Å². The van der Waals surface area contributed by atoms with Gasteiger partial charge in [0, 0.05) is 5.02 Å². The molecule has 0 fully saturated rings. The normalized spacial score (nSPS) is 13.5. The molecule has 9 heteroatoms. The molecule has 2 rings (SSSR count). The van der Waals surface area contributed by atoms with Crippen molar-refractivity contribution >= 4 is 44.8 Å². The quantitative estimate of drug-likeness (QED) is 0.537. The summed E-state index contributed by atoms with van der Waals surface area (Å²) in [5, 5.41) is 3.50. The molecule has 0 aliphatic heterocycles. The molecule has 2 atom stereocenters. The van der Waals surface area contributed by atoms with Crippen LogP contribution in [0.3, 0.4) is 0 Å². The van der Waals surface area contributed by atoms with E-state index in [1.165, 1.54) is 19.1 Å². The van der Waals surface area contributed by atoms with Gasteiger partial charge in [-0.15, -0.1) is 0 Å². The van der Waals surface area contributed by atoms with E-state index in [4.69, 9.17) is 27.9 Å². The third kappa shape index (κ3) is 6.76. The number of hydrogen-bond donors (Lipinski definition) is 1. The van der Waals surface area contributed by atoms with Crippen LogP contribution in [0.15, 0.2) is 42.5 Å². The number of halogens is 2. The second-order valence-corrected chi connectivity index (χ2v) is 10.5. The highest BCUT2D eigenvalue weighted by molar-refractivity contribution is 7.92. The average molecular weight is 487 g/mol. The third-order valence-electron chi connectivity index (χ3n) is 4.78. The van der Waals surface area contributed by atoms with Crippen LogP contribution < -0.4 is 14.4 Å². The van der Waals surface area contributed by atoms with Crippen LogP contribution in [0.2, 0.25) is 10.0 Å². The Morgan fingerprint density at radius 2 is 1.71 bits per heavy atom. The van der Waals surface area contributed by atoms with Gasteiger partial charge < -0.3 is 10.1 Å². The molecule has 1 N–H and O–H groups in total. The van der Waals surface area contributed by atoms with Crippen molar-refractivity contribution in [3.05, 3.63) is 58.1 Å². The van der Waals surface area contributed by atoms with Crippen LogP contribution in [-0.4, -0.2) is 33.7 Å². The monoisotopic (exact) mass is 486 g/mol. The lowest BCUT2D eigenvalue weighted by atomic mass is 9.96. The summed E-state index contributed by atoms with van der Waals surface area (Å²) in [4.78, 5) is 13.2. The van der Waals surface area contributed by atoms with Crippen LogP contribution in [0.1, 0.15) is 38.8 Å². The zero-order chi connectivity index (χ0) is 23.3.